The standard InChI is InChI=1S/C9H4BrCl3O/c10-2-1-3-14-9-5-7(12)6(11)4-8(9)13/h4-5H,3H2. The minimum atomic E-state index is 0.239. The van der Waals surface area contributed by atoms with E-state index in [1.54, 1.807) is 6.07 Å². The second-order valence-corrected chi connectivity index (χ2v) is 3.87. The first-order valence-electron chi connectivity index (χ1n) is 3.51. The third-order valence-electron chi connectivity index (χ3n) is 1.34. The van der Waals surface area contributed by atoms with Crippen molar-refractivity contribution in [1.29, 1.82) is 0 Å². The van der Waals surface area contributed by atoms with Gasteiger partial charge in [0, 0.05) is 22.0 Å². The predicted octanol–water partition coefficient (Wildman–Crippen LogP) is 4.38. The Morgan fingerprint density at radius 3 is 2.43 bits per heavy atom. The van der Waals surface area contributed by atoms with Gasteiger partial charge in [0.15, 0.2) is 0 Å². The highest BCUT2D eigenvalue weighted by molar-refractivity contribution is 9.12. The summed E-state index contributed by atoms with van der Waals surface area (Å²) in [6.07, 6.45) is 0. The molecule has 0 bridgehead atoms. The Morgan fingerprint density at radius 2 is 1.79 bits per heavy atom. The van der Waals surface area contributed by atoms with E-state index in [0.29, 0.717) is 20.8 Å². The Hall–Kier alpha value is -0.0700. The molecule has 0 N–H and O–H groups in total. The van der Waals surface area contributed by atoms with E-state index < -0.39 is 0 Å². The van der Waals surface area contributed by atoms with Gasteiger partial charge in [-0.3, -0.25) is 0 Å². The van der Waals surface area contributed by atoms with Crippen LogP contribution in [0.15, 0.2) is 12.1 Å². The number of rotatable bonds is 2. The van der Waals surface area contributed by atoms with Crippen LogP contribution < -0.4 is 4.74 Å². The van der Waals surface area contributed by atoms with Crippen molar-refractivity contribution in [2.24, 2.45) is 0 Å². The minimum Gasteiger partial charge on any atom is -0.479 e. The molecule has 5 heteroatoms. The molecule has 1 aromatic rings. The molecule has 0 aliphatic heterocycles. The van der Waals surface area contributed by atoms with Gasteiger partial charge in [-0.1, -0.05) is 34.8 Å². The summed E-state index contributed by atoms with van der Waals surface area (Å²) in [7, 11) is 0. The smallest absolute Gasteiger partial charge is 0.150 e. The highest BCUT2D eigenvalue weighted by Crippen LogP contribution is 2.33. The zero-order chi connectivity index (χ0) is 10.6. The monoisotopic (exact) mass is 312 g/mol. The molecule has 0 aliphatic rings. The molecule has 0 spiro atoms. The van der Waals surface area contributed by atoms with E-state index in [1.807, 2.05) is 0 Å². The summed E-state index contributed by atoms with van der Waals surface area (Å²) >= 11 is 20.3. The van der Waals surface area contributed by atoms with Crippen LogP contribution in [0.1, 0.15) is 0 Å². The van der Waals surface area contributed by atoms with Crippen LogP contribution in [-0.2, 0) is 0 Å². The van der Waals surface area contributed by atoms with Gasteiger partial charge in [-0.25, -0.2) is 0 Å². The zero-order valence-electron chi connectivity index (χ0n) is 6.78. The molecule has 0 unspecified atom stereocenters. The van der Waals surface area contributed by atoms with Crippen molar-refractivity contribution in [3.05, 3.63) is 27.2 Å². The maximum atomic E-state index is 5.85. The highest BCUT2D eigenvalue weighted by atomic mass is 79.9. The summed E-state index contributed by atoms with van der Waals surface area (Å²) in [6.45, 7) is 0.239. The summed E-state index contributed by atoms with van der Waals surface area (Å²) in [5, 5.41) is 1.21. The van der Waals surface area contributed by atoms with Gasteiger partial charge < -0.3 is 4.74 Å². The summed E-state index contributed by atoms with van der Waals surface area (Å²) in [6, 6.07) is 3.09. The number of halogens is 4. The number of hydrogen-bond donors (Lipinski definition) is 0. The molecular formula is C9H4BrCl3O. The molecule has 74 valence electrons. The number of hydrogen-bond acceptors (Lipinski definition) is 1. The summed E-state index contributed by atoms with van der Waals surface area (Å²) in [4.78, 5) is 2.52. The highest BCUT2D eigenvalue weighted by Gasteiger charge is 2.06. The zero-order valence-corrected chi connectivity index (χ0v) is 10.6. The maximum absolute atomic E-state index is 5.85. The van der Waals surface area contributed by atoms with Gasteiger partial charge in [-0.15, -0.1) is 0 Å². The topological polar surface area (TPSA) is 9.23 Å². The fourth-order valence-electron chi connectivity index (χ4n) is 0.756. The molecule has 0 heterocycles. The average molecular weight is 314 g/mol. The van der Waals surface area contributed by atoms with E-state index in [1.165, 1.54) is 6.07 Å². The van der Waals surface area contributed by atoms with E-state index >= 15 is 0 Å². The molecule has 0 amide bonds. The van der Waals surface area contributed by atoms with Gasteiger partial charge in [-0.2, -0.15) is 0 Å². The minimum absolute atomic E-state index is 0.239. The molecule has 14 heavy (non-hydrogen) atoms. The SMILES string of the molecule is Clc1cc(Cl)c(OCC#CBr)cc1Cl. The van der Waals surface area contributed by atoms with Crippen molar-refractivity contribution in [2.45, 2.75) is 0 Å². The van der Waals surface area contributed by atoms with Gasteiger partial charge in [0.2, 0.25) is 0 Å². The molecule has 0 atom stereocenters. The largest absolute Gasteiger partial charge is 0.479 e. The van der Waals surface area contributed by atoms with Crippen LogP contribution in [0, 0.1) is 10.8 Å². The van der Waals surface area contributed by atoms with E-state index in [2.05, 4.69) is 26.7 Å². The summed E-state index contributed by atoms with van der Waals surface area (Å²) < 4.78 is 5.23. The first-order valence-corrected chi connectivity index (χ1v) is 5.43. The Bertz CT molecular complexity index is 395. The fraction of sp³-hybridized carbons (Fsp3) is 0.111. The molecule has 0 saturated heterocycles. The van der Waals surface area contributed by atoms with Crippen molar-refractivity contribution in [2.75, 3.05) is 6.61 Å². The molecule has 1 aromatic carbocycles. The second kappa shape index (κ2) is 5.72. The lowest BCUT2D eigenvalue weighted by Crippen LogP contribution is -1.94. The molecule has 0 fully saturated rings. The first-order chi connectivity index (χ1) is 6.65. The van der Waals surface area contributed by atoms with Crippen molar-refractivity contribution < 1.29 is 4.74 Å². The van der Waals surface area contributed by atoms with Gasteiger partial charge in [-0.05, 0) is 16.8 Å². The van der Waals surface area contributed by atoms with Gasteiger partial charge >= 0.3 is 0 Å². The van der Waals surface area contributed by atoms with E-state index in [0.717, 1.165) is 0 Å². The summed E-state index contributed by atoms with van der Waals surface area (Å²) in [5.41, 5.74) is 0. The Labute approximate surface area is 105 Å². The fourth-order valence-corrected chi connectivity index (χ4v) is 1.46. The Kier molecular flexibility index (Phi) is 4.91. The van der Waals surface area contributed by atoms with E-state index in [-0.39, 0.29) is 6.61 Å². The Morgan fingerprint density at radius 1 is 1.14 bits per heavy atom. The van der Waals surface area contributed by atoms with Crippen LogP contribution in [0.4, 0.5) is 0 Å². The molecular weight excluding hydrogens is 310 g/mol. The number of benzene rings is 1. The Balaban J connectivity index is 2.85. The maximum Gasteiger partial charge on any atom is 0.150 e. The van der Waals surface area contributed by atoms with E-state index in [4.69, 9.17) is 39.5 Å². The van der Waals surface area contributed by atoms with Crippen LogP contribution in [0.2, 0.25) is 15.1 Å². The molecule has 0 radical (unpaired) electrons. The van der Waals surface area contributed by atoms with Crippen molar-refractivity contribution in [1.82, 2.24) is 0 Å². The van der Waals surface area contributed by atoms with Gasteiger partial charge in [0.05, 0.1) is 15.1 Å². The van der Waals surface area contributed by atoms with Crippen LogP contribution >= 0.6 is 50.7 Å². The van der Waals surface area contributed by atoms with Crippen LogP contribution in [0.5, 0.6) is 5.75 Å². The lowest BCUT2D eigenvalue weighted by Gasteiger charge is -2.05. The van der Waals surface area contributed by atoms with Crippen LogP contribution in [-0.4, -0.2) is 6.61 Å². The molecule has 1 rings (SSSR count). The van der Waals surface area contributed by atoms with Crippen molar-refractivity contribution in [3.63, 3.8) is 0 Å². The van der Waals surface area contributed by atoms with Gasteiger partial charge in [0.1, 0.15) is 12.4 Å². The third-order valence-corrected chi connectivity index (χ3v) is 2.64. The van der Waals surface area contributed by atoms with Crippen LogP contribution in [0.25, 0.3) is 0 Å². The molecule has 0 aliphatic carbocycles. The molecule has 1 nitrogen and oxygen atoms in total. The van der Waals surface area contributed by atoms with Gasteiger partial charge in [0.25, 0.3) is 0 Å². The third kappa shape index (κ3) is 3.25. The average Bonchev–Trinajstić information content (AvgIpc) is 2.14. The molecule has 0 aromatic heterocycles. The van der Waals surface area contributed by atoms with E-state index in [9.17, 15) is 0 Å². The number of ether oxygens (including phenoxy) is 1. The van der Waals surface area contributed by atoms with Crippen LogP contribution in [0.3, 0.4) is 0 Å². The lowest BCUT2D eigenvalue weighted by atomic mass is 10.3. The predicted molar refractivity (Wildman–Crippen MR) is 63.7 cm³/mol. The van der Waals surface area contributed by atoms with Crippen molar-refractivity contribution in [3.8, 4) is 16.5 Å². The van der Waals surface area contributed by atoms with Crippen molar-refractivity contribution >= 4 is 50.7 Å². The lowest BCUT2D eigenvalue weighted by molar-refractivity contribution is 0.370. The second-order valence-electron chi connectivity index (χ2n) is 2.26. The summed E-state index contributed by atoms with van der Waals surface area (Å²) in [5.74, 6) is 3.14. The molecule has 0 saturated carbocycles. The quantitative estimate of drug-likeness (QED) is 0.581. The first kappa shape index (κ1) is 12.0. The normalized spacial score (nSPS) is 9.14.